The van der Waals surface area contributed by atoms with E-state index in [1.165, 1.54) is 0 Å². The molecule has 0 unspecified atom stereocenters. The van der Waals surface area contributed by atoms with Crippen LogP contribution in [-0.2, 0) is 48.1 Å². The monoisotopic (exact) mass is 611 g/mol. The highest BCUT2D eigenvalue weighted by Gasteiger charge is 2.60. The molecule has 2 aliphatic rings. The van der Waals surface area contributed by atoms with Crippen LogP contribution in [0, 0.1) is 11.3 Å². The molecule has 5 atom stereocenters. The topological polar surface area (TPSA) is 79.2 Å². The van der Waals surface area contributed by atoms with Crippen LogP contribution in [0.4, 0.5) is 0 Å². The molecule has 0 bridgehead atoms. The number of hydrogen-bond acceptors (Lipinski definition) is 7. The fourth-order valence-corrected chi connectivity index (χ4v) is 6.00. The van der Waals surface area contributed by atoms with Gasteiger partial charge in [-0.1, -0.05) is 91.0 Å². The molecule has 0 spiro atoms. The Labute approximate surface area is 268 Å². The molecule has 3 aromatic rings. The molecule has 5 rings (SSSR count). The van der Waals surface area contributed by atoms with E-state index in [0.717, 1.165) is 16.7 Å². The Balaban J connectivity index is 1.48. The van der Waals surface area contributed by atoms with Gasteiger partial charge in [0.25, 0.3) is 0 Å². The highest BCUT2D eigenvalue weighted by atomic mass is 16.7. The van der Waals surface area contributed by atoms with Gasteiger partial charge in [-0.3, -0.25) is 0 Å². The zero-order chi connectivity index (χ0) is 31.7. The minimum Gasteiger partial charge on any atom is -0.403 e. The molecule has 7 nitrogen and oxygen atoms in total. The van der Waals surface area contributed by atoms with Crippen molar-refractivity contribution in [1.29, 1.82) is 5.26 Å². The summed E-state index contributed by atoms with van der Waals surface area (Å²) in [6.07, 6.45) is 0.175. The third-order valence-electron chi connectivity index (χ3n) is 9.18. The Morgan fingerprint density at radius 3 is 1.69 bits per heavy atom. The van der Waals surface area contributed by atoms with Gasteiger partial charge in [0.1, 0.15) is 12.2 Å². The van der Waals surface area contributed by atoms with Crippen molar-refractivity contribution >= 4 is 7.12 Å². The first-order valence-corrected chi connectivity index (χ1v) is 16.1. The summed E-state index contributed by atoms with van der Waals surface area (Å²) in [6, 6.07) is 32.7. The van der Waals surface area contributed by atoms with E-state index < -0.39 is 36.6 Å². The maximum absolute atomic E-state index is 9.36. The maximum Gasteiger partial charge on any atom is 0.466 e. The van der Waals surface area contributed by atoms with Crippen LogP contribution >= 0.6 is 0 Å². The second kappa shape index (κ2) is 15.5. The molecule has 8 heteroatoms. The zero-order valence-corrected chi connectivity index (χ0v) is 27.0. The van der Waals surface area contributed by atoms with Gasteiger partial charge in [-0.25, -0.2) is 0 Å². The summed E-state index contributed by atoms with van der Waals surface area (Å²) in [7, 11) is -0.586. The molecule has 3 aromatic carbocycles. The van der Waals surface area contributed by atoms with E-state index in [9.17, 15) is 5.26 Å². The van der Waals surface area contributed by atoms with Crippen LogP contribution in [0.1, 0.15) is 63.6 Å². The van der Waals surface area contributed by atoms with Crippen LogP contribution in [0.15, 0.2) is 91.0 Å². The van der Waals surface area contributed by atoms with Gasteiger partial charge in [0.05, 0.1) is 55.9 Å². The van der Waals surface area contributed by atoms with Crippen LogP contribution in [0.5, 0.6) is 0 Å². The quantitative estimate of drug-likeness (QED) is 0.140. The summed E-state index contributed by atoms with van der Waals surface area (Å²) in [5.74, 6) is -0.306. The Morgan fingerprint density at radius 2 is 1.18 bits per heavy atom. The summed E-state index contributed by atoms with van der Waals surface area (Å²) >= 11 is 0. The van der Waals surface area contributed by atoms with E-state index in [2.05, 4.69) is 70.2 Å². The van der Waals surface area contributed by atoms with Gasteiger partial charge in [-0.05, 0) is 57.2 Å². The maximum atomic E-state index is 9.36. The van der Waals surface area contributed by atoms with Gasteiger partial charge in [-0.2, -0.15) is 5.26 Å². The molecule has 2 heterocycles. The Hall–Kier alpha value is -3.03. The van der Waals surface area contributed by atoms with Gasteiger partial charge in [-0.15, -0.1) is 0 Å². The first kappa shape index (κ1) is 33.3. The minimum absolute atomic E-state index is 0.296. The van der Waals surface area contributed by atoms with Gasteiger partial charge in [0.2, 0.25) is 0 Å². The molecule has 45 heavy (non-hydrogen) atoms. The molecular formula is C37H46BNO6. The van der Waals surface area contributed by atoms with Crippen LogP contribution in [0.3, 0.4) is 0 Å². The highest BCUT2D eigenvalue weighted by molar-refractivity contribution is 6.48. The summed E-state index contributed by atoms with van der Waals surface area (Å²) in [4.78, 5) is 0. The molecule has 0 radical (unpaired) electrons. The normalized spacial score (nSPS) is 25.6. The molecule has 0 saturated carbocycles. The van der Waals surface area contributed by atoms with Crippen LogP contribution in [0.25, 0.3) is 0 Å². The molecular weight excluding hydrogens is 565 g/mol. The minimum atomic E-state index is -0.586. The molecule has 2 saturated heterocycles. The number of rotatable bonds is 14. The van der Waals surface area contributed by atoms with Crippen LogP contribution < -0.4 is 0 Å². The summed E-state index contributed by atoms with van der Waals surface area (Å²) in [5, 5.41) is 9.36. The smallest absolute Gasteiger partial charge is 0.403 e. The largest absolute Gasteiger partial charge is 0.466 e. The van der Waals surface area contributed by atoms with Crippen molar-refractivity contribution < 1.29 is 28.3 Å². The average molecular weight is 612 g/mol. The van der Waals surface area contributed by atoms with Crippen molar-refractivity contribution in [2.24, 2.45) is 0 Å². The predicted molar refractivity (Wildman–Crippen MR) is 174 cm³/mol. The Morgan fingerprint density at radius 1 is 0.689 bits per heavy atom. The van der Waals surface area contributed by atoms with Crippen molar-refractivity contribution in [2.75, 3.05) is 6.61 Å². The number of nitrogens with zero attached hydrogens (tertiary/aromatic N) is 1. The van der Waals surface area contributed by atoms with Crippen LogP contribution in [-0.4, -0.2) is 49.3 Å². The average Bonchev–Trinajstić information content (AvgIpc) is 3.26. The lowest BCUT2D eigenvalue weighted by atomic mass is 9.61. The van der Waals surface area contributed by atoms with E-state index in [1.807, 2.05) is 54.6 Å². The zero-order valence-electron chi connectivity index (χ0n) is 27.0. The lowest BCUT2D eigenvalue weighted by molar-refractivity contribution is -0.224. The van der Waals surface area contributed by atoms with E-state index in [4.69, 9.17) is 28.3 Å². The Bertz CT molecular complexity index is 1330. The van der Waals surface area contributed by atoms with Crippen LogP contribution in [0.2, 0.25) is 5.82 Å². The number of hydrogen-bond donors (Lipinski definition) is 0. The summed E-state index contributed by atoms with van der Waals surface area (Å²) in [5.41, 5.74) is 2.15. The van der Waals surface area contributed by atoms with Crippen molar-refractivity contribution in [3.05, 3.63) is 108 Å². The van der Waals surface area contributed by atoms with E-state index >= 15 is 0 Å². The standard InChI is InChI=1S/C37H46BNO6/c1-36(2)37(3,4)45-38(44-36)33-31(22-14-15-23-39)43-32(27-40-24-28-16-8-5-9-17-28)34(41-25-29-18-10-6-11-19-29)35(33)42-26-30-20-12-7-13-21-30/h5-13,16-21,31-35H,14-15,22,24-27H2,1-4H3/t31-,32-,33+,34-,35-/m1/s1. The lowest BCUT2D eigenvalue weighted by Crippen LogP contribution is -2.59. The third-order valence-corrected chi connectivity index (χ3v) is 9.18. The second-order valence-corrected chi connectivity index (χ2v) is 13.0. The number of unbranched alkanes of at least 4 members (excludes halogenated alkanes) is 1. The van der Waals surface area contributed by atoms with Gasteiger partial charge >= 0.3 is 7.12 Å². The molecule has 238 valence electrons. The summed E-state index contributed by atoms with van der Waals surface area (Å²) < 4.78 is 40.2. The fourth-order valence-electron chi connectivity index (χ4n) is 6.00. The van der Waals surface area contributed by atoms with Gasteiger partial charge in [0.15, 0.2) is 0 Å². The molecule has 0 N–H and O–H groups in total. The molecule has 2 fully saturated rings. The van der Waals surface area contributed by atoms with Gasteiger partial charge < -0.3 is 28.3 Å². The first-order chi connectivity index (χ1) is 21.8. The highest BCUT2D eigenvalue weighted by Crippen LogP contribution is 2.47. The van der Waals surface area contributed by atoms with Crippen molar-refractivity contribution in [1.82, 2.24) is 0 Å². The SMILES string of the molecule is CC1(C)OB([C@@H]2[C@@H](OCc3ccccc3)[C@H](OCc3ccccc3)[C@@H](COCc3ccccc3)O[C@@H]2CCCC#N)OC1(C)C. The second-order valence-electron chi connectivity index (χ2n) is 13.0. The first-order valence-electron chi connectivity index (χ1n) is 16.1. The number of ether oxygens (including phenoxy) is 4. The van der Waals surface area contributed by atoms with Crippen molar-refractivity contribution in [3.63, 3.8) is 0 Å². The lowest BCUT2D eigenvalue weighted by Gasteiger charge is -2.47. The number of nitriles is 1. The molecule has 0 aliphatic carbocycles. The fraction of sp³-hybridized carbons (Fsp3) is 0.486. The summed E-state index contributed by atoms with van der Waals surface area (Å²) in [6.45, 7) is 9.82. The van der Waals surface area contributed by atoms with E-state index in [-0.39, 0.29) is 11.9 Å². The third kappa shape index (κ3) is 8.62. The van der Waals surface area contributed by atoms with E-state index in [1.54, 1.807) is 0 Å². The van der Waals surface area contributed by atoms with Crippen molar-refractivity contribution in [3.8, 4) is 6.07 Å². The van der Waals surface area contributed by atoms with Crippen molar-refractivity contribution in [2.45, 2.75) is 108 Å². The van der Waals surface area contributed by atoms with E-state index in [0.29, 0.717) is 45.7 Å². The molecule has 0 aromatic heterocycles. The molecule has 0 amide bonds. The number of benzene rings is 3. The predicted octanol–water partition coefficient (Wildman–Crippen LogP) is 7.30. The Kier molecular flexibility index (Phi) is 11.5. The van der Waals surface area contributed by atoms with Gasteiger partial charge in [0, 0.05) is 12.2 Å². The molecule has 2 aliphatic heterocycles.